The number of hydrogen-bond donors (Lipinski definition) is 0. The number of allylic oxidation sites excluding steroid dienone is 2. The molecule has 60 valence electrons. The summed E-state index contributed by atoms with van der Waals surface area (Å²) >= 11 is 0. The highest BCUT2D eigenvalue weighted by atomic mass is 14.7. The lowest BCUT2D eigenvalue weighted by atomic mass is 9.90. The lowest BCUT2D eigenvalue weighted by Crippen LogP contribution is -2.05. The van der Waals surface area contributed by atoms with Crippen LogP contribution in [0.5, 0.6) is 0 Å². The number of aliphatic imine (C=N–C) groups is 1. The van der Waals surface area contributed by atoms with Crippen molar-refractivity contribution in [2.24, 2.45) is 16.8 Å². The predicted molar refractivity (Wildman–Crippen MR) is 47.9 cm³/mol. The molecule has 0 aromatic carbocycles. The third-order valence-corrected chi connectivity index (χ3v) is 2.86. The summed E-state index contributed by atoms with van der Waals surface area (Å²) in [7, 11) is 1.92. The van der Waals surface area contributed by atoms with E-state index in [1.54, 1.807) is 0 Å². The van der Waals surface area contributed by atoms with Crippen LogP contribution < -0.4 is 0 Å². The SMILES string of the molecule is C/N=C1\C[C@H]1C1CC=CCC1. The van der Waals surface area contributed by atoms with Crippen molar-refractivity contribution < 1.29 is 0 Å². The summed E-state index contributed by atoms with van der Waals surface area (Å²) in [6.07, 6.45) is 9.90. The number of hydrogen-bond acceptors (Lipinski definition) is 1. The van der Waals surface area contributed by atoms with Gasteiger partial charge >= 0.3 is 0 Å². The van der Waals surface area contributed by atoms with Crippen molar-refractivity contribution in [1.29, 1.82) is 0 Å². The van der Waals surface area contributed by atoms with E-state index >= 15 is 0 Å². The minimum absolute atomic E-state index is 0.866. The average molecular weight is 149 g/mol. The van der Waals surface area contributed by atoms with Gasteiger partial charge in [-0.05, 0) is 31.6 Å². The Hall–Kier alpha value is -0.590. The molecule has 2 atom stereocenters. The standard InChI is InChI=1S/C10H15N/c1-11-10-7-9(10)8-5-3-2-4-6-8/h2-3,8-9H,4-7H2,1H3/b11-10+/t8?,9-/m0/s1. The summed E-state index contributed by atoms with van der Waals surface area (Å²) < 4.78 is 0. The van der Waals surface area contributed by atoms with Crippen molar-refractivity contribution in [3.8, 4) is 0 Å². The molecule has 1 saturated carbocycles. The molecule has 0 N–H and O–H groups in total. The maximum Gasteiger partial charge on any atom is 0.0276 e. The fourth-order valence-corrected chi connectivity index (χ4v) is 2.04. The van der Waals surface area contributed by atoms with E-state index in [4.69, 9.17) is 0 Å². The van der Waals surface area contributed by atoms with E-state index in [1.807, 2.05) is 7.05 Å². The fourth-order valence-electron chi connectivity index (χ4n) is 2.04. The lowest BCUT2D eigenvalue weighted by molar-refractivity contribution is 0.442. The van der Waals surface area contributed by atoms with Crippen LogP contribution in [0.25, 0.3) is 0 Å². The zero-order valence-corrected chi connectivity index (χ0v) is 7.09. The summed E-state index contributed by atoms with van der Waals surface area (Å²) in [5, 5.41) is 0. The van der Waals surface area contributed by atoms with Crippen LogP contribution in [0.3, 0.4) is 0 Å². The summed E-state index contributed by atoms with van der Waals surface area (Å²) in [5.74, 6) is 1.80. The Bertz CT molecular complexity index is 203. The second-order valence-electron chi connectivity index (χ2n) is 3.57. The third-order valence-electron chi connectivity index (χ3n) is 2.86. The molecule has 2 rings (SSSR count). The van der Waals surface area contributed by atoms with Gasteiger partial charge in [-0.25, -0.2) is 0 Å². The van der Waals surface area contributed by atoms with E-state index < -0.39 is 0 Å². The van der Waals surface area contributed by atoms with Gasteiger partial charge in [0.1, 0.15) is 0 Å². The molecular formula is C10H15N. The van der Waals surface area contributed by atoms with Gasteiger partial charge in [-0.1, -0.05) is 12.2 Å². The highest BCUT2D eigenvalue weighted by Crippen LogP contribution is 2.39. The molecule has 1 fully saturated rings. The van der Waals surface area contributed by atoms with E-state index in [0.717, 1.165) is 11.8 Å². The van der Waals surface area contributed by atoms with Crippen LogP contribution in [0, 0.1) is 11.8 Å². The minimum atomic E-state index is 0.866. The van der Waals surface area contributed by atoms with E-state index in [9.17, 15) is 0 Å². The number of nitrogens with zero attached hydrogens (tertiary/aromatic N) is 1. The van der Waals surface area contributed by atoms with Gasteiger partial charge < -0.3 is 0 Å². The van der Waals surface area contributed by atoms with Gasteiger partial charge in [0.25, 0.3) is 0 Å². The molecule has 0 amide bonds. The van der Waals surface area contributed by atoms with Crippen LogP contribution >= 0.6 is 0 Å². The summed E-state index contributed by atoms with van der Waals surface area (Å²) in [5.41, 5.74) is 1.46. The summed E-state index contributed by atoms with van der Waals surface area (Å²) in [6.45, 7) is 0. The molecule has 0 aromatic heterocycles. The van der Waals surface area contributed by atoms with Crippen molar-refractivity contribution in [1.82, 2.24) is 0 Å². The van der Waals surface area contributed by atoms with Crippen molar-refractivity contribution in [2.45, 2.75) is 25.7 Å². The molecule has 2 aliphatic carbocycles. The fraction of sp³-hybridized carbons (Fsp3) is 0.700. The monoisotopic (exact) mass is 149 g/mol. The van der Waals surface area contributed by atoms with E-state index in [0.29, 0.717) is 0 Å². The molecule has 2 aliphatic rings. The maximum atomic E-state index is 4.25. The highest BCUT2D eigenvalue weighted by molar-refractivity contribution is 6.01. The summed E-state index contributed by atoms with van der Waals surface area (Å²) in [4.78, 5) is 4.25. The predicted octanol–water partition coefficient (Wildman–Crippen LogP) is 2.43. The van der Waals surface area contributed by atoms with Crippen molar-refractivity contribution >= 4 is 5.71 Å². The topological polar surface area (TPSA) is 12.4 Å². The molecule has 0 bridgehead atoms. The van der Waals surface area contributed by atoms with Gasteiger partial charge in [-0.3, -0.25) is 4.99 Å². The Kier molecular flexibility index (Phi) is 1.80. The largest absolute Gasteiger partial charge is 0.297 e. The Labute approximate surface area is 68.2 Å². The smallest absolute Gasteiger partial charge is 0.0276 e. The first-order valence-electron chi connectivity index (χ1n) is 4.52. The molecule has 0 aromatic rings. The van der Waals surface area contributed by atoms with Gasteiger partial charge in [0, 0.05) is 18.7 Å². The van der Waals surface area contributed by atoms with E-state index in [2.05, 4.69) is 17.1 Å². The summed E-state index contributed by atoms with van der Waals surface area (Å²) in [6, 6.07) is 0. The van der Waals surface area contributed by atoms with Crippen molar-refractivity contribution in [2.75, 3.05) is 7.05 Å². The first-order chi connectivity index (χ1) is 5.42. The van der Waals surface area contributed by atoms with Crippen LogP contribution in [0.2, 0.25) is 0 Å². The van der Waals surface area contributed by atoms with Gasteiger partial charge in [-0.2, -0.15) is 0 Å². The molecule has 0 saturated heterocycles. The van der Waals surface area contributed by atoms with Gasteiger partial charge in [0.15, 0.2) is 0 Å². The first kappa shape index (κ1) is 7.08. The second kappa shape index (κ2) is 2.80. The van der Waals surface area contributed by atoms with Gasteiger partial charge in [-0.15, -0.1) is 0 Å². The quantitative estimate of drug-likeness (QED) is 0.508. The van der Waals surface area contributed by atoms with Crippen LogP contribution in [0.1, 0.15) is 25.7 Å². The maximum absolute atomic E-state index is 4.25. The van der Waals surface area contributed by atoms with E-state index in [1.165, 1.54) is 31.4 Å². The van der Waals surface area contributed by atoms with Crippen molar-refractivity contribution in [3.63, 3.8) is 0 Å². The van der Waals surface area contributed by atoms with Crippen molar-refractivity contribution in [3.05, 3.63) is 12.2 Å². The molecular weight excluding hydrogens is 134 g/mol. The molecule has 0 aliphatic heterocycles. The van der Waals surface area contributed by atoms with Gasteiger partial charge in [0.2, 0.25) is 0 Å². The minimum Gasteiger partial charge on any atom is -0.297 e. The third kappa shape index (κ3) is 1.37. The zero-order chi connectivity index (χ0) is 7.68. The Morgan fingerprint density at radius 1 is 1.45 bits per heavy atom. The molecule has 1 unspecified atom stereocenters. The molecule has 1 nitrogen and oxygen atoms in total. The Morgan fingerprint density at radius 3 is 2.91 bits per heavy atom. The molecule has 0 heterocycles. The zero-order valence-electron chi connectivity index (χ0n) is 7.09. The van der Waals surface area contributed by atoms with E-state index in [-0.39, 0.29) is 0 Å². The van der Waals surface area contributed by atoms with Crippen LogP contribution in [-0.2, 0) is 0 Å². The lowest BCUT2D eigenvalue weighted by Gasteiger charge is -2.15. The van der Waals surface area contributed by atoms with Crippen LogP contribution in [0.4, 0.5) is 0 Å². The molecule has 11 heavy (non-hydrogen) atoms. The first-order valence-corrected chi connectivity index (χ1v) is 4.52. The normalized spacial score (nSPS) is 39.5. The Morgan fingerprint density at radius 2 is 2.36 bits per heavy atom. The molecule has 1 heteroatoms. The van der Waals surface area contributed by atoms with Crippen LogP contribution in [-0.4, -0.2) is 12.8 Å². The Balaban J connectivity index is 1.92. The number of rotatable bonds is 1. The second-order valence-corrected chi connectivity index (χ2v) is 3.57. The van der Waals surface area contributed by atoms with Crippen LogP contribution in [0.15, 0.2) is 17.1 Å². The molecule has 0 radical (unpaired) electrons. The van der Waals surface area contributed by atoms with Gasteiger partial charge in [0.05, 0.1) is 0 Å². The molecule has 0 spiro atoms. The highest BCUT2D eigenvalue weighted by Gasteiger charge is 2.37. The average Bonchev–Trinajstić information content (AvgIpc) is 2.85.